The maximum atomic E-state index is 12.3. The second-order valence-electron chi connectivity index (χ2n) is 7.94. The molecule has 2 aliphatic rings. The largest absolute Gasteiger partial charge is 0.350 e. The van der Waals surface area contributed by atoms with Crippen molar-refractivity contribution in [1.29, 1.82) is 0 Å². The molecule has 1 saturated carbocycles. The van der Waals surface area contributed by atoms with Crippen molar-refractivity contribution in [3.63, 3.8) is 0 Å². The second kappa shape index (κ2) is 8.98. The van der Waals surface area contributed by atoms with Crippen LogP contribution in [0.3, 0.4) is 0 Å². The average molecular weight is 384 g/mol. The van der Waals surface area contributed by atoms with E-state index in [9.17, 15) is 4.79 Å². The van der Waals surface area contributed by atoms with E-state index in [4.69, 9.17) is 0 Å². The molecule has 0 spiro atoms. The molecule has 1 aromatic heterocycles. The molecule has 1 N–H and O–H groups in total. The van der Waals surface area contributed by atoms with E-state index in [1.54, 1.807) is 17.4 Å². The molecule has 5 heteroatoms. The molecule has 27 heavy (non-hydrogen) atoms. The van der Waals surface area contributed by atoms with Gasteiger partial charge in [-0.05, 0) is 49.8 Å². The third kappa shape index (κ3) is 5.17. The quantitative estimate of drug-likeness (QED) is 0.775. The number of piperidine rings is 1. The Kier molecular flexibility index (Phi) is 6.20. The van der Waals surface area contributed by atoms with Crippen LogP contribution in [0.25, 0.3) is 16.3 Å². The molecule has 2 heterocycles. The van der Waals surface area contributed by atoms with E-state index < -0.39 is 0 Å². The highest BCUT2D eigenvalue weighted by Gasteiger charge is 2.23. The lowest BCUT2D eigenvalue weighted by atomic mass is 9.88. The smallest absolute Gasteiger partial charge is 0.244 e. The minimum Gasteiger partial charge on any atom is -0.350 e. The summed E-state index contributed by atoms with van der Waals surface area (Å²) in [6, 6.07) is 8.38. The van der Waals surface area contributed by atoms with Crippen LogP contribution in [0.1, 0.15) is 50.0 Å². The molecule has 0 atom stereocenters. The van der Waals surface area contributed by atoms with E-state index in [0.717, 1.165) is 47.1 Å². The fourth-order valence-corrected chi connectivity index (χ4v) is 5.22. The number of carbonyl (C=O) groups excluding carboxylic acids is 1. The van der Waals surface area contributed by atoms with Crippen molar-refractivity contribution >= 4 is 33.5 Å². The molecule has 4 rings (SSSR count). The summed E-state index contributed by atoms with van der Waals surface area (Å²) in [5, 5.41) is 4.05. The number of thiazole rings is 1. The van der Waals surface area contributed by atoms with Crippen LogP contribution in [0.5, 0.6) is 0 Å². The molecule has 2 fully saturated rings. The molecule has 1 amide bonds. The third-order valence-electron chi connectivity index (χ3n) is 5.86. The van der Waals surface area contributed by atoms with Crippen molar-refractivity contribution in [3.05, 3.63) is 35.3 Å². The molecule has 0 radical (unpaired) electrons. The van der Waals surface area contributed by atoms with Gasteiger partial charge in [-0.25, -0.2) is 4.98 Å². The van der Waals surface area contributed by atoms with Crippen LogP contribution >= 0.6 is 11.3 Å². The van der Waals surface area contributed by atoms with E-state index in [2.05, 4.69) is 21.3 Å². The average Bonchev–Trinajstić information content (AvgIpc) is 3.12. The van der Waals surface area contributed by atoms with Gasteiger partial charge in [0, 0.05) is 31.8 Å². The Bertz CT molecular complexity index is 753. The monoisotopic (exact) mass is 383 g/mol. The summed E-state index contributed by atoms with van der Waals surface area (Å²) in [6.07, 6.45) is 12.7. The molecule has 1 aliphatic carbocycles. The number of nitrogens with one attached hydrogen (secondary N) is 1. The standard InChI is InChI=1S/C22H29N3OS/c26-21(10-11-22-24-19-8-4-5-9-20(19)27-22)23-18-12-14-25(15-13-18)16-17-6-2-1-3-7-17/h4-5,8-11,17-18H,1-3,6-7,12-16H2,(H,23,26)/b11-10+. The Labute approximate surface area is 165 Å². The summed E-state index contributed by atoms with van der Waals surface area (Å²) in [5.41, 5.74) is 0.993. The fraction of sp³-hybridized carbons (Fsp3) is 0.545. The molecule has 0 bridgehead atoms. The minimum atomic E-state index is -0.0000124. The van der Waals surface area contributed by atoms with Gasteiger partial charge in [-0.2, -0.15) is 0 Å². The van der Waals surface area contributed by atoms with Gasteiger partial charge in [-0.3, -0.25) is 4.79 Å². The first-order chi connectivity index (χ1) is 13.3. The van der Waals surface area contributed by atoms with Crippen molar-refractivity contribution < 1.29 is 4.79 Å². The number of hydrogen-bond donors (Lipinski definition) is 1. The Morgan fingerprint density at radius 2 is 1.93 bits per heavy atom. The maximum Gasteiger partial charge on any atom is 0.244 e. The van der Waals surface area contributed by atoms with Crippen LogP contribution in [0.2, 0.25) is 0 Å². The van der Waals surface area contributed by atoms with E-state index in [0.29, 0.717) is 6.04 Å². The Hall–Kier alpha value is -1.72. The SMILES string of the molecule is O=C(/C=C/c1nc2ccccc2s1)NC1CCN(CC2CCCCC2)CC1. The fourth-order valence-electron chi connectivity index (χ4n) is 4.35. The van der Waals surface area contributed by atoms with Crippen molar-refractivity contribution in [3.8, 4) is 0 Å². The van der Waals surface area contributed by atoms with Gasteiger partial charge in [0.15, 0.2) is 0 Å². The lowest BCUT2D eigenvalue weighted by Crippen LogP contribution is -2.45. The highest BCUT2D eigenvalue weighted by Crippen LogP contribution is 2.25. The summed E-state index contributed by atoms with van der Waals surface area (Å²) in [4.78, 5) is 19.4. The number of amides is 1. The summed E-state index contributed by atoms with van der Waals surface area (Å²) in [7, 11) is 0. The number of carbonyl (C=O) groups is 1. The highest BCUT2D eigenvalue weighted by molar-refractivity contribution is 7.19. The maximum absolute atomic E-state index is 12.3. The summed E-state index contributed by atoms with van der Waals surface area (Å²) < 4.78 is 1.16. The number of fused-ring (bicyclic) bond motifs is 1. The molecular formula is C22H29N3OS. The number of para-hydroxylation sites is 1. The van der Waals surface area contributed by atoms with Crippen LogP contribution < -0.4 is 5.32 Å². The van der Waals surface area contributed by atoms with Crippen molar-refractivity contribution in [2.24, 2.45) is 5.92 Å². The van der Waals surface area contributed by atoms with Gasteiger partial charge in [0.1, 0.15) is 5.01 Å². The summed E-state index contributed by atoms with van der Waals surface area (Å²) >= 11 is 1.62. The Morgan fingerprint density at radius 1 is 1.15 bits per heavy atom. The Morgan fingerprint density at radius 3 is 2.70 bits per heavy atom. The molecule has 2 aromatic rings. The lowest BCUT2D eigenvalue weighted by molar-refractivity contribution is -0.117. The zero-order chi connectivity index (χ0) is 18.5. The first-order valence-electron chi connectivity index (χ1n) is 10.3. The first-order valence-corrected chi connectivity index (χ1v) is 11.1. The predicted molar refractivity (Wildman–Crippen MR) is 113 cm³/mol. The van der Waals surface area contributed by atoms with Crippen LogP contribution in [-0.4, -0.2) is 41.5 Å². The Balaban J connectivity index is 1.22. The number of rotatable bonds is 5. The first kappa shape index (κ1) is 18.6. The third-order valence-corrected chi connectivity index (χ3v) is 6.86. The van der Waals surface area contributed by atoms with Crippen molar-refractivity contribution in [2.45, 2.75) is 51.0 Å². The van der Waals surface area contributed by atoms with Gasteiger partial charge >= 0.3 is 0 Å². The van der Waals surface area contributed by atoms with Crippen molar-refractivity contribution in [1.82, 2.24) is 15.2 Å². The molecule has 0 unspecified atom stereocenters. The van der Waals surface area contributed by atoms with E-state index in [-0.39, 0.29) is 5.91 Å². The van der Waals surface area contributed by atoms with Gasteiger partial charge in [0.05, 0.1) is 10.2 Å². The zero-order valence-corrected chi connectivity index (χ0v) is 16.7. The topological polar surface area (TPSA) is 45.2 Å². The van der Waals surface area contributed by atoms with E-state index in [1.165, 1.54) is 38.6 Å². The zero-order valence-electron chi connectivity index (χ0n) is 15.9. The number of nitrogens with zero attached hydrogens (tertiary/aromatic N) is 2. The number of hydrogen-bond acceptors (Lipinski definition) is 4. The van der Waals surface area contributed by atoms with Gasteiger partial charge in [0.25, 0.3) is 0 Å². The number of aromatic nitrogens is 1. The molecule has 4 nitrogen and oxygen atoms in total. The number of benzene rings is 1. The second-order valence-corrected chi connectivity index (χ2v) is 9.00. The minimum absolute atomic E-state index is 0.0000124. The normalized spacial score (nSPS) is 20.4. The predicted octanol–water partition coefficient (Wildman–Crippen LogP) is 4.47. The summed E-state index contributed by atoms with van der Waals surface area (Å²) in [6.45, 7) is 3.49. The van der Waals surface area contributed by atoms with Crippen LogP contribution in [0, 0.1) is 5.92 Å². The van der Waals surface area contributed by atoms with Gasteiger partial charge in [-0.15, -0.1) is 11.3 Å². The van der Waals surface area contributed by atoms with E-state index >= 15 is 0 Å². The molecule has 144 valence electrons. The highest BCUT2D eigenvalue weighted by atomic mass is 32.1. The molecule has 1 saturated heterocycles. The van der Waals surface area contributed by atoms with Crippen LogP contribution in [0.15, 0.2) is 30.3 Å². The van der Waals surface area contributed by atoms with Crippen molar-refractivity contribution in [2.75, 3.05) is 19.6 Å². The number of likely N-dealkylation sites (tertiary alicyclic amines) is 1. The van der Waals surface area contributed by atoms with Gasteiger partial charge < -0.3 is 10.2 Å². The molecule has 1 aliphatic heterocycles. The van der Waals surface area contributed by atoms with E-state index in [1.807, 2.05) is 24.3 Å². The summed E-state index contributed by atoms with van der Waals surface area (Å²) in [5.74, 6) is 0.904. The van der Waals surface area contributed by atoms with Crippen LogP contribution in [-0.2, 0) is 4.79 Å². The van der Waals surface area contributed by atoms with Crippen LogP contribution in [0.4, 0.5) is 0 Å². The van der Waals surface area contributed by atoms with Gasteiger partial charge in [0.2, 0.25) is 5.91 Å². The molecular weight excluding hydrogens is 354 g/mol. The molecule has 1 aromatic carbocycles. The van der Waals surface area contributed by atoms with Gasteiger partial charge in [-0.1, -0.05) is 31.4 Å². The lowest BCUT2D eigenvalue weighted by Gasteiger charge is -2.35.